The van der Waals surface area contributed by atoms with Crippen molar-refractivity contribution >= 4 is 22.9 Å². The van der Waals surface area contributed by atoms with Crippen molar-refractivity contribution in [2.45, 2.75) is 36.8 Å². The topological polar surface area (TPSA) is 73.1 Å². The molecule has 3 N–H and O–H groups in total. The third-order valence-electron chi connectivity index (χ3n) is 5.48. The van der Waals surface area contributed by atoms with Crippen LogP contribution in [-0.2, 0) is 6.42 Å². The Morgan fingerprint density at radius 2 is 2.00 bits per heavy atom. The van der Waals surface area contributed by atoms with Gasteiger partial charge in [-0.15, -0.1) is 11.3 Å². The number of hydrogen-bond donors (Lipinski definition) is 3. The van der Waals surface area contributed by atoms with Gasteiger partial charge in [0.25, 0.3) is 17.8 Å². The molecule has 2 aromatic rings. The normalized spacial score (nSPS) is 28.0. The summed E-state index contributed by atoms with van der Waals surface area (Å²) in [6, 6.07) is -1.35. The molecule has 0 bridgehead atoms. The summed E-state index contributed by atoms with van der Waals surface area (Å²) in [6.45, 7) is -0.961. The van der Waals surface area contributed by atoms with E-state index in [9.17, 15) is 22.4 Å². The first-order valence-corrected chi connectivity index (χ1v) is 9.74. The average molecular weight is 415 g/mol. The minimum atomic E-state index is -2.98. The number of carbonyl (C=O) groups excluding carboxylic acids is 1. The molecule has 11 heteroatoms. The van der Waals surface area contributed by atoms with Gasteiger partial charge in [0.15, 0.2) is 0 Å². The number of amides is 1. The lowest BCUT2D eigenvalue weighted by atomic mass is 9.97. The maximum Gasteiger partial charge on any atom is 0.269 e. The summed E-state index contributed by atoms with van der Waals surface area (Å²) in [5, 5.41) is 12.0. The number of alkyl halides is 4. The van der Waals surface area contributed by atoms with Crippen molar-refractivity contribution in [3.8, 4) is 10.4 Å². The van der Waals surface area contributed by atoms with E-state index in [-0.39, 0.29) is 6.54 Å². The van der Waals surface area contributed by atoms with Crippen LogP contribution in [0.3, 0.4) is 0 Å². The summed E-state index contributed by atoms with van der Waals surface area (Å²) in [5.41, 5.74) is 1.56. The van der Waals surface area contributed by atoms with Crippen LogP contribution in [0.4, 0.5) is 23.2 Å². The van der Waals surface area contributed by atoms with Crippen molar-refractivity contribution in [3.05, 3.63) is 22.8 Å². The molecular formula is C17H17F4N5OS. The standard InChI is InChI=1S/C17H17F4N5OS/c18-16(19)2-10(22-6-16)11-5-26-7-17(20,21)1-9-12(26)14(15(27)25-11)28-13(9)8-3-23-24-4-8/h3-4,10-11,22H,1-2,5-7H2,(H,23,24)(H,25,27)/t10-,11+/m0/s1. The summed E-state index contributed by atoms with van der Waals surface area (Å²) >= 11 is 1.14. The second-order valence-corrected chi connectivity index (χ2v) is 8.64. The summed E-state index contributed by atoms with van der Waals surface area (Å²) in [4.78, 5) is 15.3. The summed E-state index contributed by atoms with van der Waals surface area (Å²) in [6.07, 6.45) is 2.24. The van der Waals surface area contributed by atoms with Crippen molar-refractivity contribution in [2.75, 3.05) is 24.5 Å². The fraction of sp³-hybridized carbons (Fsp3) is 0.529. The van der Waals surface area contributed by atoms with E-state index in [2.05, 4.69) is 20.8 Å². The Bertz CT molecular complexity index is 928. The highest BCUT2D eigenvalue weighted by Gasteiger charge is 2.48. The molecule has 2 atom stereocenters. The maximum absolute atomic E-state index is 14.5. The number of aromatic amines is 1. The average Bonchev–Trinajstić information content (AvgIpc) is 3.29. The highest BCUT2D eigenvalue weighted by Crippen LogP contribution is 2.48. The molecule has 28 heavy (non-hydrogen) atoms. The van der Waals surface area contributed by atoms with Crippen LogP contribution in [0.25, 0.3) is 10.4 Å². The third-order valence-corrected chi connectivity index (χ3v) is 6.75. The van der Waals surface area contributed by atoms with Gasteiger partial charge in [-0.25, -0.2) is 17.6 Å². The molecule has 3 aliphatic heterocycles. The Hall–Kier alpha value is -2.14. The minimum absolute atomic E-state index is 0.0522. The Kier molecular flexibility index (Phi) is 3.80. The van der Waals surface area contributed by atoms with E-state index < -0.39 is 55.8 Å². The van der Waals surface area contributed by atoms with Crippen molar-refractivity contribution in [3.63, 3.8) is 0 Å². The lowest BCUT2D eigenvalue weighted by molar-refractivity contribution is 0.00476. The molecule has 3 aliphatic rings. The number of hydrogen-bond acceptors (Lipinski definition) is 5. The van der Waals surface area contributed by atoms with E-state index in [0.29, 0.717) is 26.6 Å². The molecule has 5 heterocycles. The molecule has 1 saturated heterocycles. The van der Waals surface area contributed by atoms with E-state index in [1.807, 2.05) is 0 Å². The van der Waals surface area contributed by atoms with Crippen molar-refractivity contribution in [1.82, 2.24) is 20.8 Å². The molecule has 0 radical (unpaired) electrons. The molecule has 0 spiro atoms. The first kappa shape index (κ1) is 17.9. The van der Waals surface area contributed by atoms with Crippen LogP contribution in [0.5, 0.6) is 0 Å². The highest BCUT2D eigenvalue weighted by molar-refractivity contribution is 7.18. The van der Waals surface area contributed by atoms with Gasteiger partial charge >= 0.3 is 0 Å². The lowest BCUT2D eigenvalue weighted by Crippen LogP contribution is -2.54. The quantitative estimate of drug-likeness (QED) is 0.658. The SMILES string of the molecule is O=C1N[C@@H]([C@@H]2CC(F)(F)CN2)CN2CC(F)(F)Cc3c(-c4cn[nH]c4)sc1c32. The zero-order valence-electron chi connectivity index (χ0n) is 14.6. The molecule has 5 rings (SSSR count). The van der Waals surface area contributed by atoms with E-state index in [1.165, 1.54) is 11.1 Å². The van der Waals surface area contributed by atoms with E-state index >= 15 is 0 Å². The summed E-state index contributed by atoms with van der Waals surface area (Å²) in [5.74, 6) is -6.25. The molecule has 6 nitrogen and oxygen atoms in total. The van der Waals surface area contributed by atoms with Crippen LogP contribution in [0, 0.1) is 0 Å². The number of rotatable bonds is 2. The second-order valence-electron chi connectivity index (χ2n) is 7.62. The van der Waals surface area contributed by atoms with Crippen molar-refractivity contribution in [2.24, 2.45) is 0 Å². The predicted molar refractivity (Wildman–Crippen MR) is 95.4 cm³/mol. The monoisotopic (exact) mass is 415 g/mol. The van der Waals surface area contributed by atoms with Gasteiger partial charge in [0.05, 0.1) is 31.0 Å². The molecule has 0 saturated carbocycles. The van der Waals surface area contributed by atoms with Crippen LogP contribution in [0.1, 0.15) is 21.7 Å². The third kappa shape index (κ3) is 2.87. The van der Waals surface area contributed by atoms with Crippen LogP contribution < -0.4 is 15.5 Å². The molecular weight excluding hydrogens is 398 g/mol. The summed E-state index contributed by atoms with van der Waals surface area (Å²) < 4.78 is 56.3. The number of halogens is 4. The maximum atomic E-state index is 14.5. The Balaban J connectivity index is 1.56. The second kappa shape index (κ2) is 5.93. The fourth-order valence-corrected chi connectivity index (χ4v) is 5.55. The Labute approximate surface area is 161 Å². The summed E-state index contributed by atoms with van der Waals surface area (Å²) in [7, 11) is 0. The Morgan fingerprint density at radius 1 is 1.18 bits per heavy atom. The number of nitrogens with one attached hydrogen (secondary N) is 3. The first-order chi connectivity index (χ1) is 13.2. The smallest absolute Gasteiger partial charge is 0.269 e. The highest BCUT2D eigenvalue weighted by atomic mass is 32.1. The molecule has 150 valence electrons. The zero-order valence-corrected chi connectivity index (χ0v) is 15.4. The van der Waals surface area contributed by atoms with E-state index in [4.69, 9.17) is 0 Å². The van der Waals surface area contributed by atoms with E-state index in [0.717, 1.165) is 11.3 Å². The van der Waals surface area contributed by atoms with Gasteiger partial charge < -0.3 is 15.5 Å². The van der Waals surface area contributed by atoms with Crippen molar-refractivity contribution in [1.29, 1.82) is 0 Å². The predicted octanol–water partition coefficient (Wildman–Crippen LogP) is 2.25. The number of thiophene rings is 1. The molecule has 0 unspecified atom stereocenters. The van der Waals surface area contributed by atoms with Gasteiger partial charge in [-0.1, -0.05) is 0 Å². The van der Waals surface area contributed by atoms with Gasteiger partial charge in [0, 0.05) is 47.6 Å². The van der Waals surface area contributed by atoms with E-state index in [1.54, 1.807) is 6.20 Å². The first-order valence-electron chi connectivity index (χ1n) is 8.92. The van der Waals surface area contributed by atoms with Crippen molar-refractivity contribution < 1.29 is 22.4 Å². The van der Waals surface area contributed by atoms with Gasteiger partial charge in [0.1, 0.15) is 4.88 Å². The van der Waals surface area contributed by atoms with Gasteiger partial charge in [-0.05, 0) is 0 Å². The number of anilines is 1. The van der Waals surface area contributed by atoms with Gasteiger partial charge in [-0.3, -0.25) is 9.89 Å². The van der Waals surface area contributed by atoms with Gasteiger partial charge in [0.2, 0.25) is 0 Å². The Morgan fingerprint density at radius 3 is 2.68 bits per heavy atom. The van der Waals surface area contributed by atoms with Crippen LogP contribution >= 0.6 is 11.3 Å². The van der Waals surface area contributed by atoms with Gasteiger partial charge in [-0.2, -0.15) is 5.10 Å². The molecule has 0 aliphatic carbocycles. The fourth-order valence-electron chi connectivity index (χ4n) is 4.32. The molecule has 0 aromatic carbocycles. The molecule has 2 aromatic heterocycles. The van der Waals surface area contributed by atoms with Crippen LogP contribution in [0.2, 0.25) is 0 Å². The number of carbonyl (C=O) groups is 1. The largest absolute Gasteiger partial charge is 0.362 e. The molecule has 1 fully saturated rings. The number of aromatic nitrogens is 2. The zero-order chi connectivity index (χ0) is 19.7. The van der Waals surface area contributed by atoms with Crippen LogP contribution in [0.15, 0.2) is 12.4 Å². The lowest BCUT2D eigenvalue weighted by Gasteiger charge is -2.36. The number of H-pyrrole nitrogens is 1. The molecule has 1 amide bonds. The number of nitrogens with zero attached hydrogens (tertiary/aromatic N) is 2. The minimum Gasteiger partial charge on any atom is -0.362 e. The van der Waals surface area contributed by atoms with Crippen LogP contribution in [-0.4, -0.2) is 59.7 Å².